The Labute approximate surface area is 97.0 Å². The minimum Gasteiger partial charge on any atom is -0.358 e. The van der Waals surface area contributed by atoms with Crippen LogP contribution in [0.3, 0.4) is 0 Å². The van der Waals surface area contributed by atoms with Crippen molar-refractivity contribution in [3.63, 3.8) is 0 Å². The largest absolute Gasteiger partial charge is 0.369 e. The first-order chi connectivity index (χ1) is 6.97. The maximum absolute atomic E-state index is 12.4. The number of rotatable bonds is 3. The third kappa shape index (κ3) is 2.56. The Morgan fingerprint density at radius 1 is 1.67 bits per heavy atom. The summed E-state index contributed by atoms with van der Waals surface area (Å²) < 4.78 is 24.8. The van der Waals surface area contributed by atoms with Gasteiger partial charge in [0.2, 0.25) is 3.70 Å². The van der Waals surface area contributed by atoms with E-state index in [1.165, 1.54) is 22.6 Å². The van der Waals surface area contributed by atoms with Gasteiger partial charge < -0.3 is 15.8 Å². The van der Waals surface area contributed by atoms with E-state index in [1.54, 1.807) is 0 Å². The second kappa shape index (κ2) is 4.75. The number of pyridine rings is 1. The number of alkyl halides is 2. The van der Waals surface area contributed by atoms with Crippen molar-refractivity contribution < 1.29 is 13.7 Å². The molecule has 1 aromatic rings. The van der Waals surface area contributed by atoms with E-state index in [0.717, 1.165) is 6.07 Å². The minimum absolute atomic E-state index is 0.00992. The van der Waals surface area contributed by atoms with Crippen molar-refractivity contribution in [1.29, 1.82) is 0 Å². The quantitative estimate of drug-likeness (QED) is 0.398. The molecule has 5 nitrogen and oxygen atoms in total. The Hall–Kier alpha value is -0.900. The summed E-state index contributed by atoms with van der Waals surface area (Å²) in [5.41, 5.74) is 4.89. The van der Waals surface area contributed by atoms with Crippen LogP contribution in [0.15, 0.2) is 6.07 Å². The van der Waals surface area contributed by atoms with Gasteiger partial charge in [0.1, 0.15) is 0 Å². The zero-order valence-electron chi connectivity index (χ0n) is 7.28. The van der Waals surface area contributed by atoms with Crippen LogP contribution in [0.5, 0.6) is 0 Å². The fraction of sp³-hybridized carbons (Fsp3) is 0.286. The molecule has 15 heavy (non-hydrogen) atoms. The van der Waals surface area contributed by atoms with Gasteiger partial charge in [0.25, 0.3) is 6.43 Å². The van der Waals surface area contributed by atoms with E-state index in [1.807, 2.05) is 0 Å². The van der Waals surface area contributed by atoms with E-state index in [-0.39, 0.29) is 21.4 Å². The van der Waals surface area contributed by atoms with Crippen LogP contribution in [0.1, 0.15) is 17.6 Å². The summed E-state index contributed by atoms with van der Waals surface area (Å²) in [4.78, 5) is 13.3. The highest BCUT2D eigenvalue weighted by atomic mass is 127. The van der Waals surface area contributed by atoms with Gasteiger partial charge in [-0.3, -0.25) is 0 Å². The molecule has 1 heterocycles. The van der Waals surface area contributed by atoms with Crippen LogP contribution in [0.25, 0.3) is 0 Å². The van der Waals surface area contributed by atoms with Gasteiger partial charge in [-0.2, -0.15) is 0 Å². The highest BCUT2D eigenvalue weighted by Crippen LogP contribution is 2.27. The number of nitrogens with zero attached hydrogens (tertiary/aromatic N) is 2. The lowest BCUT2D eigenvalue weighted by Crippen LogP contribution is -2.07. The number of nitro groups is 1. The van der Waals surface area contributed by atoms with Gasteiger partial charge in [-0.25, -0.2) is 8.78 Å². The molecule has 2 N–H and O–H groups in total. The minimum atomic E-state index is -2.71. The fourth-order valence-electron chi connectivity index (χ4n) is 1.00. The first-order valence-electron chi connectivity index (χ1n) is 3.79. The molecule has 0 unspecified atom stereocenters. The van der Waals surface area contributed by atoms with E-state index >= 15 is 0 Å². The zero-order chi connectivity index (χ0) is 11.6. The van der Waals surface area contributed by atoms with Crippen LogP contribution in [-0.2, 0) is 6.54 Å². The van der Waals surface area contributed by atoms with E-state index in [9.17, 15) is 18.9 Å². The van der Waals surface area contributed by atoms with Crippen molar-refractivity contribution in [3.8, 4) is 0 Å². The molecule has 0 fully saturated rings. The Kier molecular flexibility index (Phi) is 3.85. The third-order valence-corrected chi connectivity index (χ3v) is 2.55. The summed E-state index contributed by atoms with van der Waals surface area (Å²) in [6.07, 6.45) is -2.71. The molecule has 0 saturated carbocycles. The van der Waals surface area contributed by atoms with Gasteiger partial charge in [0.15, 0.2) is 0 Å². The molecule has 0 aliphatic carbocycles. The van der Waals surface area contributed by atoms with Gasteiger partial charge in [-0.15, -0.1) is 0 Å². The van der Waals surface area contributed by atoms with E-state index in [2.05, 4.69) is 4.98 Å². The molecule has 0 radical (unpaired) electrons. The maximum atomic E-state index is 12.4. The Morgan fingerprint density at radius 3 is 2.67 bits per heavy atom. The van der Waals surface area contributed by atoms with Crippen molar-refractivity contribution in [2.45, 2.75) is 13.0 Å². The van der Waals surface area contributed by atoms with Crippen molar-refractivity contribution in [3.05, 3.63) is 31.0 Å². The number of halogens is 3. The van der Waals surface area contributed by atoms with Gasteiger partial charge in [-0.1, -0.05) is 0 Å². The Morgan fingerprint density at radius 2 is 2.27 bits per heavy atom. The van der Waals surface area contributed by atoms with Crippen LogP contribution in [0, 0.1) is 13.8 Å². The van der Waals surface area contributed by atoms with Crippen molar-refractivity contribution >= 4 is 28.4 Å². The molecule has 82 valence electrons. The predicted molar refractivity (Wildman–Crippen MR) is 56.5 cm³/mol. The molecule has 0 aliphatic rings. The number of nitrogens with two attached hydrogens (primary N) is 1. The van der Waals surface area contributed by atoms with Gasteiger partial charge in [-0.05, 0) is 16.0 Å². The first-order valence-corrected chi connectivity index (χ1v) is 4.87. The summed E-state index contributed by atoms with van der Waals surface area (Å²) in [5.74, 6) is -0.466. The van der Waals surface area contributed by atoms with E-state index in [0.29, 0.717) is 0 Å². The second-order valence-electron chi connectivity index (χ2n) is 2.61. The van der Waals surface area contributed by atoms with Crippen molar-refractivity contribution in [1.82, 2.24) is 4.98 Å². The lowest BCUT2D eigenvalue weighted by Gasteiger charge is -2.04. The van der Waals surface area contributed by atoms with Gasteiger partial charge >= 0.3 is 5.82 Å². The van der Waals surface area contributed by atoms with Crippen LogP contribution in [-0.4, -0.2) is 9.91 Å². The van der Waals surface area contributed by atoms with Crippen LogP contribution >= 0.6 is 22.6 Å². The smallest absolute Gasteiger partial charge is 0.358 e. The van der Waals surface area contributed by atoms with Gasteiger partial charge in [0.05, 0.1) is 11.1 Å². The Bertz CT molecular complexity index is 400. The molecule has 0 aromatic carbocycles. The zero-order valence-corrected chi connectivity index (χ0v) is 9.44. The topological polar surface area (TPSA) is 82.0 Å². The maximum Gasteiger partial charge on any atom is 0.369 e. The monoisotopic (exact) mass is 329 g/mol. The molecule has 0 aliphatic heterocycles. The molecule has 8 heteroatoms. The summed E-state index contributed by atoms with van der Waals surface area (Å²) >= 11 is 1.53. The molecule has 0 amide bonds. The molecule has 0 saturated heterocycles. The standard InChI is InChI=1S/C7H6F2IN3O2/c8-5(9)4-1-3(2-11)7(13(14)15)12-6(4)10/h1,5H,2,11H2. The molecular weight excluding hydrogens is 323 g/mol. The molecular formula is C7H6F2IN3O2. The SMILES string of the molecule is NCc1cc(C(F)F)c(I)nc1[N+](=O)[O-]. The molecule has 0 atom stereocenters. The summed E-state index contributed by atoms with van der Waals surface area (Å²) in [5, 5.41) is 10.5. The highest BCUT2D eigenvalue weighted by Gasteiger charge is 2.23. The third-order valence-electron chi connectivity index (χ3n) is 1.69. The second-order valence-corrected chi connectivity index (χ2v) is 3.63. The summed E-state index contributed by atoms with van der Waals surface area (Å²) in [6, 6.07) is 1.03. The number of hydrogen-bond acceptors (Lipinski definition) is 4. The van der Waals surface area contributed by atoms with Crippen LogP contribution in [0.2, 0.25) is 0 Å². The van der Waals surface area contributed by atoms with Crippen LogP contribution < -0.4 is 5.73 Å². The van der Waals surface area contributed by atoms with E-state index < -0.39 is 17.2 Å². The Balaban J connectivity index is 3.35. The van der Waals surface area contributed by atoms with Gasteiger partial charge in [0, 0.05) is 29.1 Å². The number of aromatic nitrogens is 1. The highest BCUT2D eigenvalue weighted by molar-refractivity contribution is 14.1. The molecule has 1 rings (SSSR count). The van der Waals surface area contributed by atoms with Crippen LogP contribution in [0.4, 0.5) is 14.6 Å². The molecule has 0 bridgehead atoms. The normalized spacial score (nSPS) is 10.7. The number of hydrogen-bond donors (Lipinski definition) is 1. The first kappa shape index (κ1) is 12.2. The molecule has 1 aromatic heterocycles. The van der Waals surface area contributed by atoms with E-state index in [4.69, 9.17) is 5.73 Å². The average Bonchev–Trinajstić information content (AvgIpc) is 2.16. The van der Waals surface area contributed by atoms with Crippen molar-refractivity contribution in [2.24, 2.45) is 5.73 Å². The predicted octanol–water partition coefficient (Wildman–Crippen LogP) is 1.99. The summed E-state index contributed by atoms with van der Waals surface area (Å²) in [7, 11) is 0. The summed E-state index contributed by atoms with van der Waals surface area (Å²) in [6.45, 7) is -0.194. The fourth-order valence-corrected chi connectivity index (χ4v) is 1.62. The molecule has 0 spiro atoms. The van der Waals surface area contributed by atoms with Crippen molar-refractivity contribution in [2.75, 3.05) is 0 Å². The lowest BCUT2D eigenvalue weighted by atomic mass is 10.2. The average molecular weight is 329 g/mol. The lowest BCUT2D eigenvalue weighted by molar-refractivity contribution is -0.390.